The first-order chi connectivity index (χ1) is 19.8. The molecule has 0 spiro atoms. The maximum absolute atomic E-state index is 13.0. The molecule has 0 atom stereocenters. The van der Waals surface area contributed by atoms with Crippen LogP contribution in [0.15, 0.2) is 77.7 Å². The van der Waals surface area contributed by atoms with Gasteiger partial charge >= 0.3 is 0 Å². The Morgan fingerprint density at radius 3 is 2.07 bits per heavy atom. The van der Waals surface area contributed by atoms with E-state index in [9.17, 15) is 13.2 Å². The predicted molar refractivity (Wildman–Crippen MR) is 163 cm³/mol. The van der Waals surface area contributed by atoms with Crippen LogP contribution in [-0.2, 0) is 29.7 Å². The van der Waals surface area contributed by atoms with E-state index in [-0.39, 0.29) is 5.91 Å². The molecule has 0 saturated carbocycles. The summed E-state index contributed by atoms with van der Waals surface area (Å²) in [5.74, 6) is 0.747. The van der Waals surface area contributed by atoms with E-state index in [4.69, 9.17) is 0 Å². The van der Waals surface area contributed by atoms with Crippen LogP contribution in [0.1, 0.15) is 52.4 Å². The predicted octanol–water partition coefficient (Wildman–Crippen LogP) is 4.66. The molecule has 3 aromatic carbocycles. The van der Waals surface area contributed by atoms with Gasteiger partial charge in [-0.2, -0.15) is 4.31 Å². The van der Waals surface area contributed by atoms with Gasteiger partial charge in [0.15, 0.2) is 0 Å². The lowest BCUT2D eigenvalue weighted by molar-refractivity contribution is 0.0950. The van der Waals surface area contributed by atoms with E-state index in [0.717, 1.165) is 29.2 Å². The Bertz CT molecular complexity index is 1410. The SMILES string of the molecule is Cc1ccc(S(=O)(=O)N2CCN(Cc3cccc(C(=O)NCc4ccc(CN5CCC(C)CC5)cc4)c3)CC2)cc1. The smallest absolute Gasteiger partial charge is 0.251 e. The van der Waals surface area contributed by atoms with Crippen molar-refractivity contribution in [3.8, 4) is 0 Å². The molecular formula is C33H42N4O3S. The summed E-state index contributed by atoms with van der Waals surface area (Å²) >= 11 is 0. The standard InChI is InChI=1S/C33H42N4O3S/c1-26-6-12-32(13-7-26)41(39,40)37-20-18-36(19-21-37)25-30-4-3-5-31(22-30)33(38)34-23-28-8-10-29(11-9-28)24-35-16-14-27(2)15-17-35/h3-13,22,27H,14-21,23-25H2,1-2H3,(H,34,38). The number of amides is 1. The third kappa shape index (κ3) is 7.83. The number of aryl methyl sites for hydroxylation is 1. The van der Waals surface area contributed by atoms with Crippen LogP contribution in [0, 0.1) is 12.8 Å². The van der Waals surface area contributed by atoms with E-state index in [1.54, 1.807) is 16.4 Å². The monoisotopic (exact) mass is 574 g/mol. The summed E-state index contributed by atoms with van der Waals surface area (Å²) in [6.45, 7) is 11.0. The molecule has 1 N–H and O–H groups in total. The number of sulfonamides is 1. The summed E-state index contributed by atoms with van der Waals surface area (Å²) in [5.41, 5.74) is 5.12. The summed E-state index contributed by atoms with van der Waals surface area (Å²) in [4.78, 5) is 18.0. The maximum Gasteiger partial charge on any atom is 0.251 e. The van der Waals surface area contributed by atoms with Crippen molar-refractivity contribution in [3.05, 3.63) is 101 Å². The molecule has 2 saturated heterocycles. The number of hydrogen-bond donors (Lipinski definition) is 1. The van der Waals surface area contributed by atoms with E-state index in [1.807, 2.05) is 43.3 Å². The molecule has 218 valence electrons. The zero-order valence-electron chi connectivity index (χ0n) is 24.3. The summed E-state index contributed by atoms with van der Waals surface area (Å²) in [6, 6.07) is 23.3. The van der Waals surface area contributed by atoms with Crippen LogP contribution in [-0.4, -0.2) is 67.7 Å². The Balaban J connectivity index is 1.09. The zero-order valence-corrected chi connectivity index (χ0v) is 25.1. The molecular weight excluding hydrogens is 532 g/mol. The number of carbonyl (C=O) groups is 1. The van der Waals surface area contributed by atoms with E-state index >= 15 is 0 Å². The number of piperazine rings is 1. The van der Waals surface area contributed by atoms with E-state index < -0.39 is 10.0 Å². The van der Waals surface area contributed by atoms with Crippen molar-refractivity contribution < 1.29 is 13.2 Å². The molecule has 3 aromatic rings. The van der Waals surface area contributed by atoms with Crippen LogP contribution in [0.25, 0.3) is 0 Å². The highest BCUT2D eigenvalue weighted by Gasteiger charge is 2.28. The van der Waals surface area contributed by atoms with Crippen molar-refractivity contribution in [3.63, 3.8) is 0 Å². The molecule has 0 unspecified atom stereocenters. The van der Waals surface area contributed by atoms with Gasteiger partial charge < -0.3 is 5.32 Å². The summed E-state index contributed by atoms with van der Waals surface area (Å²) in [6.07, 6.45) is 2.56. The van der Waals surface area contributed by atoms with Crippen molar-refractivity contribution in [2.45, 2.75) is 51.2 Å². The van der Waals surface area contributed by atoms with Gasteiger partial charge in [0.1, 0.15) is 0 Å². The molecule has 5 rings (SSSR count). The molecule has 2 aliphatic rings. The van der Waals surface area contributed by atoms with Gasteiger partial charge in [0.05, 0.1) is 4.90 Å². The number of rotatable bonds is 9. The third-order valence-corrected chi connectivity index (χ3v) is 10.3. The highest BCUT2D eigenvalue weighted by atomic mass is 32.2. The second kappa shape index (κ2) is 13.3. The first-order valence-corrected chi connectivity index (χ1v) is 16.2. The molecule has 7 nitrogen and oxygen atoms in total. The minimum Gasteiger partial charge on any atom is -0.348 e. The van der Waals surface area contributed by atoms with Gasteiger partial charge in [-0.05, 0) is 79.7 Å². The topological polar surface area (TPSA) is 73.0 Å². The van der Waals surface area contributed by atoms with Crippen LogP contribution in [0.5, 0.6) is 0 Å². The van der Waals surface area contributed by atoms with E-state index in [2.05, 4.69) is 46.3 Å². The average molecular weight is 575 g/mol. The Labute approximate surface area is 245 Å². The number of benzene rings is 3. The number of piperidine rings is 1. The van der Waals surface area contributed by atoms with E-state index in [1.165, 1.54) is 31.5 Å². The normalized spacial score (nSPS) is 17.9. The third-order valence-electron chi connectivity index (χ3n) is 8.34. The second-order valence-electron chi connectivity index (χ2n) is 11.7. The lowest BCUT2D eigenvalue weighted by atomic mass is 9.99. The molecule has 2 heterocycles. The van der Waals surface area contributed by atoms with Gasteiger partial charge in [-0.3, -0.25) is 14.6 Å². The molecule has 0 bridgehead atoms. The zero-order chi connectivity index (χ0) is 28.8. The summed E-state index contributed by atoms with van der Waals surface area (Å²) < 4.78 is 27.6. The van der Waals surface area contributed by atoms with Crippen molar-refractivity contribution >= 4 is 15.9 Å². The first-order valence-electron chi connectivity index (χ1n) is 14.7. The molecule has 0 aromatic heterocycles. The molecule has 0 aliphatic carbocycles. The highest BCUT2D eigenvalue weighted by Crippen LogP contribution is 2.20. The first kappa shape index (κ1) is 29.5. The summed E-state index contributed by atoms with van der Waals surface area (Å²) in [7, 11) is -3.48. The minimum atomic E-state index is -3.48. The van der Waals surface area contributed by atoms with Crippen molar-refractivity contribution in [1.82, 2.24) is 19.4 Å². The number of nitrogens with zero attached hydrogens (tertiary/aromatic N) is 3. The van der Waals surface area contributed by atoms with Gasteiger partial charge in [0, 0.05) is 51.4 Å². The Morgan fingerprint density at radius 2 is 1.39 bits per heavy atom. The van der Waals surface area contributed by atoms with Crippen LogP contribution < -0.4 is 5.32 Å². The van der Waals surface area contributed by atoms with Crippen LogP contribution in [0.2, 0.25) is 0 Å². The second-order valence-corrected chi connectivity index (χ2v) is 13.6. The van der Waals surface area contributed by atoms with Crippen LogP contribution in [0.3, 0.4) is 0 Å². The number of nitrogens with one attached hydrogen (secondary N) is 1. The number of likely N-dealkylation sites (tertiary alicyclic amines) is 1. The quantitative estimate of drug-likeness (QED) is 0.403. The van der Waals surface area contributed by atoms with Crippen molar-refractivity contribution in [2.24, 2.45) is 5.92 Å². The van der Waals surface area contributed by atoms with Gasteiger partial charge in [-0.1, -0.05) is 61.0 Å². The van der Waals surface area contributed by atoms with Crippen molar-refractivity contribution in [1.29, 1.82) is 0 Å². The molecule has 2 fully saturated rings. The molecule has 1 amide bonds. The fourth-order valence-corrected chi connectivity index (χ4v) is 7.00. The summed E-state index contributed by atoms with van der Waals surface area (Å²) in [5, 5.41) is 3.06. The van der Waals surface area contributed by atoms with Gasteiger partial charge in [0.2, 0.25) is 10.0 Å². The fourth-order valence-electron chi connectivity index (χ4n) is 5.58. The van der Waals surface area contributed by atoms with Gasteiger partial charge in [-0.25, -0.2) is 8.42 Å². The fraction of sp³-hybridized carbons (Fsp3) is 0.424. The maximum atomic E-state index is 13.0. The lowest BCUT2D eigenvalue weighted by Gasteiger charge is -2.34. The average Bonchev–Trinajstić information content (AvgIpc) is 2.98. The number of carbonyl (C=O) groups excluding carboxylic acids is 1. The molecule has 2 aliphatic heterocycles. The van der Waals surface area contributed by atoms with Crippen LogP contribution >= 0.6 is 0 Å². The van der Waals surface area contributed by atoms with E-state index in [0.29, 0.717) is 49.7 Å². The minimum absolute atomic E-state index is 0.0904. The number of hydrogen-bond acceptors (Lipinski definition) is 5. The molecule has 8 heteroatoms. The lowest BCUT2D eigenvalue weighted by Crippen LogP contribution is -2.48. The van der Waals surface area contributed by atoms with Gasteiger partial charge in [-0.15, -0.1) is 0 Å². The Hall–Kier alpha value is -3.04. The Morgan fingerprint density at radius 1 is 0.780 bits per heavy atom. The van der Waals surface area contributed by atoms with Gasteiger partial charge in [0.25, 0.3) is 5.91 Å². The van der Waals surface area contributed by atoms with Crippen molar-refractivity contribution in [2.75, 3.05) is 39.3 Å². The Kier molecular flexibility index (Phi) is 9.55. The molecule has 41 heavy (non-hydrogen) atoms. The highest BCUT2D eigenvalue weighted by molar-refractivity contribution is 7.89. The molecule has 0 radical (unpaired) electrons. The van der Waals surface area contributed by atoms with Crippen LogP contribution in [0.4, 0.5) is 0 Å². The largest absolute Gasteiger partial charge is 0.348 e.